The molecule has 256 valence electrons. The topological polar surface area (TPSA) is 112 Å². The van der Waals surface area contributed by atoms with Crippen molar-refractivity contribution < 1.29 is 38.1 Å². The first-order valence-corrected chi connectivity index (χ1v) is 22.0. The maximum atomic E-state index is 13.0. The number of carbonyl (C=O) groups excluding carboxylic acids is 2. The number of hydrogen-bond acceptors (Lipinski definition) is 8. The number of esters is 2. The highest BCUT2D eigenvalue weighted by molar-refractivity contribution is 6.74. The normalized spacial score (nSPS) is 23.0. The molecule has 6 atom stereocenters. The van der Waals surface area contributed by atoms with Crippen LogP contribution in [-0.4, -0.2) is 75.9 Å². The molecule has 10 heteroatoms. The van der Waals surface area contributed by atoms with Crippen molar-refractivity contribution in [3.63, 3.8) is 0 Å². The van der Waals surface area contributed by atoms with E-state index in [-0.39, 0.29) is 22.4 Å². The molecule has 1 fully saturated rings. The third kappa shape index (κ3) is 11.5. The third-order valence-corrected chi connectivity index (χ3v) is 18.8. The molecule has 2 N–H and O–H groups in total. The number of rotatable bonds is 15. The summed E-state index contributed by atoms with van der Waals surface area (Å²) in [5.74, 6) is -2.64. The molecule has 8 nitrogen and oxygen atoms in total. The SMILES string of the molecule is CC(=O)O[C@@H]1C([C@@H](O)C[C@H](O[Si](C)(C)C(C)(C)C)/C(C)=C/CC/C(C)=C\CO[Si](C)(C)C(C)(C)C)C(=O)O[C@@H]1[C@@H](O)C(C)C. The lowest BCUT2D eigenvalue weighted by Crippen LogP contribution is -2.47. The van der Waals surface area contributed by atoms with Crippen LogP contribution in [0.5, 0.6) is 0 Å². The molecule has 1 aliphatic heterocycles. The van der Waals surface area contributed by atoms with Crippen LogP contribution in [0.25, 0.3) is 0 Å². The van der Waals surface area contributed by atoms with Crippen molar-refractivity contribution in [2.75, 3.05) is 6.61 Å². The molecule has 0 aliphatic carbocycles. The Kier molecular flexibility index (Phi) is 14.8. The van der Waals surface area contributed by atoms with E-state index in [0.29, 0.717) is 6.61 Å². The number of cyclic esters (lactones) is 1. The van der Waals surface area contributed by atoms with Crippen LogP contribution in [0.2, 0.25) is 36.3 Å². The summed E-state index contributed by atoms with van der Waals surface area (Å²) in [6, 6.07) is 0. The van der Waals surface area contributed by atoms with Gasteiger partial charge in [0.1, 0.15) is 5.92 Å². The summed E-state index contributed by atoms with van der Waals surface area (Å²) in [6.07, 6.45) is 1.29. The summed E-state index contributed by atoms with van der Waals surface area (Å²) in [5.41, 5.74) is 2.23. The Bertz CT molecular complexity index is 1020. The van der Waals surface area contributed by atoms with Gasteiger partial charge in [0.2, 0.25) is 0 Å². The Morgan fingerprint density at radius 2 is 1.50 bits per heavy atom. The predicted molar refractivity (Wildman–Crippen MR) is 182 cm³/mol. The molecule has 1 heterocycles. The van der Waals surface area contributed by atoms with Crippen LogP contribution in [0.15, 0.2) is 23.3 Å². The molecule has 0 radical (unpaired) electrons. The van der Waals surface area contributed by atoms with Gasteiger partial charge in [0.05, 0.1) is 24.9 Å². The summed E-state index contributed by atoms with van der Waals surface area (Å²) < 4.78 is 24.1. The second-order valence-electron chi connectivity index (χ2n) is 16.0. The van der Waals surface area contributed by atoms with Gasteiger partial charge in [-0.3, -0.25) is 9.59 Å². The first-order valence-electron chi connectivity index (χ1n) is 16.2. The van der Waals surface area contributed by atoms with Crippen LogP contribution in [0.3, 0.4) is 0 Å². The molecule has 1 saturated heterocycles. The lowest BCUT2D eigenvalue weighted by Gasteiger charge is -2.40. The summed E-state index contributed by atoms with van der Waals surface area (Å²) in [4.78, 5) is 25.0. The summed E-state index contributed by atoms with van der Waals surface area (Å²) >= 11 is 0. The van der Waals surface area contributed by atoms with Crippen molar-refractivity contribution in [1.82, 2.24) is 0 Å². The average molecular weight is 657 g/mol. The molecule has 0 aromatic carbocycles. The Balaban J connectivity index is 3.19. The highest BCUT2D eigenvalue weighted by Gasteiger charge is 2.54. The minimum atomic E-state index is -2.27. The Labute approximate surface area is 270 Å². The minimum Gasteiger partial charge on any atom is -0.457 e. The minimum absolute atomic E-state index is 0.0704. The fourth-order valence-electron chi connectivity index (χ4n) is 4.56. The Morgan fingerprint density at radius 1 is 0.955 bits per heavy atom. The van der Waals surface area contributed by atoms with Crippen molar-refractivity contribution in [3.8, 4) is 0 Å². The molecule has 1 rings (SSSR count). The van der Waals surface area contributed by atoms with Crippen LogP contribution in [0.1, 0.15) is 95.4 Å². The van der Waals surface area contributed by atoms with Crippen molar-refractivity contribution in [3.05, 3.63) is 23.3 Å². The molecular formula is C34H64O8Si2. The zero-order chi connectivity index (χ0) is 34.4. The van der Waals surface area contributed by atoms with Crippen molar-refractivity contribution in [2.24, 2.45) is 11.8 Å². The van der Waals surface area contributed by atoms with Crippen LogP contribution in [-0.2, 0) is 27.9 Å². The number of allylic oxidation sites excluding steroid dienone is 2. The van der Waals surface area contributed by atoms with E-state index in [1.165, 1.54) is 12.5 Å². The lowest BCUT2D eigenvalue weighted by atomic mass is 9.87. The van der Waals surface area contributed by atoms with Gasteiger partial charge in [0.25, 0.3) is 0 Å². The van der Waals surface area contributed by atoms with E-state index in [1.54, 1.807) is 13.8 Å². The standard InChI is InChI=1S/C34H64O8Si2/c1-22(2)29(37)31-30(40-25(5)35)28(32(38)41-31)26(36)21-27(42-44(14,15)34(9,10)11)24(4)18-16-17-23(3)19-20-39-43(12,13)33(6,7)8/h18-19,22,26-31,36-37H,16-17,20-21H2,1-15H3/b23-19-,24-18+/t26-,27-,28?,29-,30+,31+/m0/s1. The lowest BCUT2D eigenvalue weighted by molar-refractivity contribution is -0.158. The number of aliphatic hydroxyl groups is 2. The van der Waals surface area contributed by atoms with Gasteiger partial charge in [-0.05, 0) is 74.4 Å². The van der Waals surface area contributed by atoms with Gasteiger partial charge < -0.3 is 28.5 Å². The van der Waals surface area contributed by atoms with Gasteiger partial charge >= 0.3 is 11.9 Å². The molecule has 1 aliphatic rings. The van der Waals surface area contributed by atoms with Crippen LogP contribution in [0.4, 0.5) is 0 Å². The monoisotopic (exact) mass is 656 g/mol. The highest BCUT2D eigenvalue weighted by atomic mass is 28.4. The molecule has 0 bridgehead atoms. The van der Waals surface area contributed by atoms with E-state index in [9.17, 15) is 19.8 Å². The van der Waals surface area contributed by atoms with E-state index in [4.69, 9.17) is 18.3 Å². The van der Waals surface area contributed by atoms with E-state index >= 15 is 0 Å². The summed E-state index contributed by atoms with van der Waals surface area (Å²) in [7, 11) is -4.08. The molecule has 0 amide bonds. The molecule has 0 aromatic heterocycles. The smallest absolute Gasteiger partial charge is 0.316 e. The van der Waals surface area contributed by atoms with Gasteiger partial charge in [-0.25, -0.2) is 0 Å². The first kappa shape index (κ1) is 40.7. The second kappa shape index (κ2) is 16.0. The largest absolute Gasteiger partial charge is 0.457 e. The van der Waals surface area contributed by atoms with Gasteiger partial charge in [-0.1, -0.05) is 73.1 Å². The molecule has 0 aromatic rings. The van der Waals surface area contributed by atoms with Crippen LogP contribution < -0.4 is 0 Å². The fraction of sp³-hybridized carbons (Fsp3) is 0.824. The van der Waals surface area contributed by atoms with Crippen molar-refractivity contribution in [2.45, 2.75) is 162 Å². The number of ether oxygens (including phenoxy) is 2. The second-order valence-corrected chi connectivity index (χ2v) is 25.6. The van der Waals surface area contributed by atoms with Gasteiger partial charge in [0, 0.05) is 13.3 Å². The van der Waals surface area contributed by atoms with E-state index in [1.807, 2.05) is 6.92 Å². The van der Waals surface area contributed by atoms with Crippen LogP contribution >= 0.6 is 0 Å². The Hall–Kier alpha value is -1.31. The highest BCUT2D eigenvalue weighted by Crippen LogP contribution is 2.40. The fourth-order valence-corrected chi connectivity index (χ4v) is 6.84. The predicted octanol–water partition coefficient (Wildman–Crippen LogP) is 7.31. The molecule has 1 unspecified atom stereocenters. The van der Waals surface area contributed by atoms with Gasteiger partial charge in [-0.2, -0.15) is 0 Å². The van der Waals surface area contributed by atoms with Crippen molar-refractivity contribution in [1.29, 1.82) is 0 Å². The average Bonchev–Trinajstić information content (AvgIpc) is 3.15. The number of carbonyl (C=O) groups is 2. The maximum absolute atomic E-state index is 13.0. The molecule has 0 saturated carbocycles. The molecule has 44 heavy (non-hydrogen) atoms. The molecular weight excluding hydrogens is 593 g/mol. The first-order chi connectivity index (χ1) is 19.8. The number of aliphatic hydroxyl groups excluding tert-OH is 2. The van der Waals surface area contributed by atoms with Gasteiger partial charge in [-0.15, -0.1) is 0 Å². The maximum Gasteiger partial charge on any atom is 0.316 e. The van der Waals surface area contributed by atoms with Crippen molar-refractivity contribution >= 4 is 28.6 Å². The van der Waals surface area contributed by atoms with E-state index < -0.39 is 65.0 Å². The van der Waals surface area contributed by atoms with E-state index in [2.05, 4.69) is 86.8 Å². The quantitative estimate of drug-likeness (QED) is 0.107. The van der Waals surface area contributed by atoms with E-state index in [0.717, 1.165) is 18.4 Å². The Morgan fingerprint density at radius 3 is 1.98 bits per heavy atom. The van der Waals surface area contributed by atoms with Crippen LogP contribution in [0, 0.1) is 11.8 Å². The van der Waals surface area contributed by atoms with Gasteiger partial charge in [0.15, 0.2) is 28.8 Å². The molecule has 0 spiro atoms. The number of hydrogen-bond donors (Lipinski definition) is 2. The zero-order valence-electron chi connectivity index (χ0n) is 30.4. The summed E-state index contributed by atoms with van der Waals surface area (Å²) in [5, 5.41) is 22.3. The zero-order valence-corrected chi connectivity index (χ0v) is 32.4. The third-order valence-electron chi connectivity index (χ3n) is 9.83. The summed E-state index contributed by atoms with van der Waals surface area (Å²) in [6.45, 7) is 31.6.